The van der Waals surface area contributed by atoms with E-state index in [9.17, 15) is 23.7 Å². The van der Waals surface area contributed by atoms with Gasteiger partial charge in [-0.15, -0.1) is 17.9 Å². The van der Waals surface area contributed by atoms with Gasteiger partial charge in [0.15, 0.2) is 5.13 Å². The second-order valence-electron chi connectivity index (χ2n) is 17.3. The summed E-state index contributed by atoms with van der Waals surface area (Å²) in [5, 5.41) is 11.0. The molecule has 6 atom stereocenters. The van der Waals surface area contributed by atoms with Crippen molar-refractivity contribution < 1.29 is 52.0 Å². The molecule has 3 N–H and O–H groups in total. The molecule has 2 aromatic heterocycles. The number of thiazole rings is 1. The lowest BCUT2D eigenvalue weighted by atomic mass is 9.85. The van der Waals surface area contributed by atoms with Crippen LogP contribution in [-0.4, -0.2) is 108 Å². The third kappa shape index (κ3) is 10.6. The molecule has 3 amide bonds. The molecule has 19 heteroatoms. The summed E-state index contributed by atoms with van der Waals surface area (Å²) < 4.78 is 47.6. The van der Waals surface area contributed by atoms with Gasteiger partial charge in [0.2, 0.25) is 26.0 Å². The molecule has 3 fully saturated rings. The maximum absolute atomic E-state index is 14.9. The summed E-state index contributed by atoms with van der Waals surface area (Å²) in [6, 6.07) is 5.15. The van der Waals surface area contributed by atoms with Gasteiger partial charge in [0.1, 0.15) is 46.8 Å². The molecule has 3 aliphatic rings. The molecule has 0 radical (unpaired) electrons. The lowest BCUT2D eigenvalue weighted by Crippen LogP contribution is -2.58. The van der Waals surface area contributed by atoms with Crippen molar-refractivity contribution in [3.05, 3.63) is 42.3 Å². The highest BCUT2D eigenvalue weighted by atomic mass is 32.1. The molecule has 1 saturated heterocycles. The number of carbonyl (C=O) groups is 4. The average Bonchev–Trinajstić information content (AvgIpc) is 3.61. The van der Waals surface area contributed by atoms with Crippen LogP contribution in [0, 0.1) is 11.3 Å². The van der Waals surface area contributed by atoms with E-state index in [1.54, 1.807) is 38.3 Å². The summed E-state index contributed by atoms with van der Waals surface area (Å²) in [5.74, 6) is -0.538. The highest BCUT2D eigenvalue weighted by Gasteiger charge is 2.65. The quantitative estimate of drug-likeness (QED) is 0.0514. The van der Waals surface area contributed by atoms with E-state index in [-0.39, 0.29) is 38.1 Å². The number of aromatic nitrogens is 2. The zero-order chi connectivity index (χ0) is 45.0. The van der Waals surface area contributed by atoms with Crippen LogP contribution in [0.2, 0.25) is 0 Å². The number of benzene rings is 1. The zero-order valence-corrected chi connectivity index (χ0v) is 38.4. The minimum absolute atomic E-state index is 0.0328. The van der Waals surface area contributed by atoms with Crippen molar-refractivity contribution in [2.75, 3.05) is 39.0 Å². The first-order valence-corrected chi connectivity index (χ1v) is 23.9. The number of anilines is 1. The molecule has 17 nitrogen and oxygen atoms in total. The second-order valence-corrected chi connectivity index (χ2v) is 20.9. The topological polar surface area (TPSA) is 206 Å². The van der Waals surface area contributed by atoms with Crippen LogP contribution >= 0.6 is 18.7 Å². The van der Waals surface area contributed by atoms with Crippen molar-refractivity contribution in [3.8, 4) is 22.9 Å². The fourth-order valence-corrected chi connectivity index (χ4v) is 10.8. The molecule has 3 aromatic rings. The number of hydrogen-bond acceptors (Lipinski definition) is 15. The van der Waals surface area contributed by atoms with Crippen LogP contribution in [0.3, 0.4) is 0 Å². The van der Waals surface area contributed by atoms with Gasteiger partial charge in [0.25, 0.3) is 0 Å². The smallest absolute Gasteiger partial charge is 0.497 e. The van der Waals surface area contributed by atoms with Crippen LogP contribution in [0.4, 0.5) is 14.7 Å². The molecule has 62 heavy (non-hydrogen) atoms. The van der Waals surface area contributed by atoms with E-state index >= 15 is 0 Å². The van der Waals surface area contributed by atoms with Gasteiger partial charge in [-0.1, -0.05) is 26.8 Å². The fourth-order valence-electron chi connectivity index (χ4n) is 7.93. The van der Waals surface area contributed by atoms with Crippen molar-refractivity contribution >= 4 is 58.8 Å². The third-order valence-corrected chi connectivity index (χ3v) is 14.8. The Kier molecular flexibility index (Phi) is 14.4. The van der Waals surface area contributed by atoms with E-state index in [1.807, 2.05) is 46.1 Å². The highest BCUT2D eigenvalue weighted by molar-refractivity contribution is 7.60. The molecule has 1 aromatic carbocycles. The van der Waals surface area contributed by atoms with Crippen molar-refractivity contribution in [3.63, 3.8) is 0 Å². The van der Waals surface area contributed by atoms with E-state index in [1.165, 1.54) is 22.9 Å². The third-order valence-electron chi connectivity index (χ3n) is 11.3. The van der Waals surface area contributed by atoms with Gasteiger partial charge in [-0.3, -0.25) is 18.7 Å². The van der Waals surface area contributed by atoms with Crippen LogP contribution < -0.4 is 25.4 Å². The van der Waals surface area contributed by atoms with Crippen molar-refractivity contribution in [1.82, 2.24) is 25.5 Å². The first-order chi connectivity index (χ1) is 29.4. The number of rotatable bonds is 17. The molecule has 0 bridgehead atoms. The molecule has 1 aliphatic heterocycles. The van der Waals surface area contributed by atoms with Gasteiger partial charge in [0, 0.05) is 47.9 Å². The summed E-state index contributed by atoms with van der Waals surface area (Å²) >= 11 is 1.45. The molecule has 0 spiro atoms. The van der Waals surface area contributed by atoms with Gasteiger partial charge in [-0.05, 0) is 70.4 Å². The number of amides is 3. The number of nitrogens with one attached hydrogen (secondary N) is 3. The molecule has 3 heterocycles. The van der Waals surface area contributed by atoms with Gasteiger partial charge >= 0.3 is 12.2 Å². The zero-order valence-electron chi connectivity index (χ0n) is 36.7. The van der Waals surface area contributed by atoms with Crippen LogP contribution in [0.15, 0.2) is 42.3 Å². The Hall–Kier alpha value is -4.93. The predicted octanol–water partition coefficient (Wildman–Crippen LogP) is 7.69. The SMILES string of the molecule is C=C[C@@H]1C[C@]1(NC(=O)C1C[C@@H](Oc2cc(-c3csc(NC(C)C)n3)nc3cc(OC)ccc23)CN1C(=O)C(NC(=O)OC1CCCC1)C(C)(C)C)P(C)(=O)OCOC(=O)OCC. The van der Waals surface area contributed by atoms with E-state index in [0.29, 0.717) is 33.8 Å². The number of hydrogen-bond donors (Lipinski definition) is 3. The van der Waals surface area contributed by atoms with Crippen LogP contribution in [0.25, 0.3) is 22.3 Å². The summed E-state index contributed by atoms with van der Waals surface area (Å²) in [5.41, 5.74) is 0.943. The Balaban J connectivity index is 1.32. The first kappa shape index (κ1) is 46.6. The second kappa shape index (κ2) is 19.2. The first-order valence-electron chi connectivity index (χ1n) is 21.0. The maximum Gasteiger partial charge on any atom is 0.510 e. The fraction of sp³-hybridized carbons (Fsp3) is 0.581. The Morgan fingerprint density at radius 2 is 1.82 bits per heavy atom. The molecule has 338 valence electrons. The van der Waals surface area contributed by atoms with Crippen LogP contribution in [-0.2, 0) is 32.9 Å². The number of alkyl carbamates (subject to hydrolysis) is 1. The average molecular weight is 899 g/mol. The normalized spacial score (nSPS) is 22.7. The van der Waals surface area contributed by atoms with Crippen LogP contribution in [0.5, 0.6) is 11.5 Å². The van der Waals surface area contributed by atoms with Crippen LogP contribution in [0.1, 0.15) is 80.1 Å². The predicted molar refractivity (Wildman–Crippen MR) is 235 cm³/mol. The summed E-state index contributed by atoms with van der Waals surface area (Å²) in [6.07, 6.45) is 2.58. The summed E-state index contributed by atoms with van der Waals surface area (Å²) in [4.78, 5) is 65.7. The lowest BCUT2D eigenvalue weighted by molar-refractivity contribution is -0.142. The van der Waals surface area contributed by atoms with Gasteiger partial charge < -0.3 is 44.5 Å². The van der Waals surface area contributed by atoms with Gasteiger partial charge in [-0.2, -0.15) is 0 Å². The molecule has 2 aliphatic carbocycles. The molecule has 3 unspecified atom stereocenters. The molecule has 2 saturated carbocycles. The van der Waals surface area contributed by atoms with Crippen molar-refractivity contribution in [1.29, 1.82) is 0 Å². The number of carbonyl (C=O) groups excluding carboxylic acids is 4. The largest absolute Gasteiger partial charge is 0.510 e. The minimum Gasteiger partial charge on any atom is -0.497 e. The Morgan fingerprint density at radius 3 is 2.47 bits per heavy atom. The lowest BCUT2D eigenvalue weighted by Gasteiger charge is -2.36. The van der Waals surface area contributed by atoms with E-state index in [0.717, 1.165) is 30.8 Å². The van der Waals surface area contributed by atoms with Gasteiger partial charge in [-0.25, -0.2) is 19.6 Å². The molecule has 6 rings (SSSR count). The van der Waals surface area contributed by atoms with E-state index < -0.39 is 73.0 Å². The van der Waals surface area contributed by atoms with Gasteiger partial charge in [0.05, 0.1) is 31.5 Å². The molecular formula is C43H59N6O11PS. The Morgan fingerprint density at radius 1 is 1.08 bits per heavy atom. The van der Waals surface area contributed by atoms with Crippen molar-refractivity contribution in [2.24, 2.45) is 11.3 Å². The standard InChI is InChI=1S/C43H59N6O11PS/c1-10-26-21-43(26,61(9,54)58-24-57-41(53)56-11-2)48-37(50)34-19-29(22-49(34)38(51)36(42(5,6)7)47-40(52)60-27-14-12-13-15-27)59-35-20-32(33-23-62-39(46-33)44-25(3)4)45-31-18-28(55-8)16-17-30(31)35/h10,16-18,20,23,25-27,29,34,36H,1,11-15,19,21-22,24H2,2-9H3,(H,44,46)(H,47,52)(H,48,50)/t26-,29-,34?,36?,43+,61?/m1/s1. The number of fused-ring (bicyclic) bond motifs is 1. The Bertz CT molecular complexity index is 2190. The van der Waals surface area contributed by atoms with E-state index in [2.05, 4.69) is 22.5 Å². The summed E-state index contributed by atoms with van der Waals surface area (Å²) in [6.45, 7) is 15.7. The highest BCUT2D eigenvalue weighted by Crippen LogP contribution is 2.70. The number of pyridine rings is 1. The number of ether oxygens (including phenoxy) is 5. The van der Waals surface area contributed by atoms with E-state index in [4.69, 9.17) is 38.2 Å². The summed E-state index contributed by atoms with van der Waals surface area (Å²) in [7, 11) is -2.20. The van der Waals surface area contributed by atoms with Crippen molar-refractivity contribution in [2.45, 2.75) is 116 Å². The molecular weight excluding hydrogens is 840 g/mol. The number of nitrogens with zero attached hydrogens (tertiary/aromatic N) is 3. The number of likely N-dealkylation sites (tertiary alicyclic amines) is 1. The monoisotopic (exact) mass is 898 g/mol. The minimum atomic E-state index is -3.77. The maximum atomic E-state index is 14.9. The number of methoxy groups -OCH3 is 1. The Labute approximate surface area is 366 Å².